The van der Waals surface area contributed by atoms with Crippen molar-refractivity contribution in [2.75, 3.05) is 32.8 Å². The number of nitrogens with zero attached hydrogens (tertiary/aromatic N) is 2. The summed E-state index contributed by atoms with van der Waals surface area (Å²) in [5.41, 5.74) is 0. The third kappa shape index (κ3) is 6.78. The molecule has 1 rings (SSSR count). The fraction of sp³-hybridized carbons (Fsp3) is 0.529. The van der Waals surface area contributed by atoms with Gasteiger partial charge in [0.05, 0.1) is 13.2 Å². The SMILES string of the molecule is CCOC(=O)/C=C\C(=O)N1CCN(C(=O)/C=C/C(=O)OCC)C[C@H]1C. The summed E-state index contributed by atoms with van der Waals surface area (Å²) >= 11 is 0. The van der Waals surface area contributed by atoms with E-state index in [4.69, 9.17) is 9.47 Å². The van der Waals surface area contributed by atoms with Gasteiger partial charge in [0.25, 0.3) is 0 Å². The second-order valence-corrected chi connectivity index (χ2v) is 5.34. The highest BCUT2D eigenvalue weighted by molar-refractivity contribution is 5.96. The van der Waals surface area contributed by atoms with Crippen molar-refractivity contribution in [1.29, 1.82) is 0 Å². The highest BCUT2D eigenvalue weighted by Gasteiger charge is 2.28. The van der Waals surface area contributed by atoms with Gasteiger partial charge in [0.15, 0.2) is 0 Å². The second-order valence-electron chi connectivity index (χ2n) is 5.34. The van der Waals surface area contributed by atoms with Crippen molar-refractivity contribution in [2.24, 2.45) is 0 Å². The molecular formula is C17H24N2O6. The summed E-state index contributed by atoms with van der Waals surface area (Å²) in [7, 11) is 0. The maximum absolute atomic E-state index is 12.1. The molecule has 0 spiro atoms. The van der Waals surface area contributed by atoms with Crippen LogP contribution in [0.15, 0.2) is 24.3 Å². The van der Waals surface area contributed by atoms with Gasteiger partial charge >= 0.3 is 11.9 Å². The molecule has 1 aliphatic heterocycles. The normalized spacial score (nSPS) is 17.8. The minimum absolute atomic E-state index is 0.215. The Hall–Kier alpha value is -2.64. The molecule has 2 amide bonds. The van der Waals surface area contributed by atoms with Crippen LogP contribution in [0.1, 0.15) is 20.8 Å². The van der Waals surface area contributed by atoms with Gasteiger partial charge in [-0.2, -0.15) is 0 Å². The lowest BCUT2D eigenvalue weighted by atomic mass is 10.1. The first kappa shape index (κ1) is 20.4. The van der Waals surface area contributed by atoms with Crippen LogP contribution < -0.4 is 0 Å². The molecule has 0 aromatic heterocycles. The van der Waals surface area contributed by atoms with Crippen LogP contribution in [0.5, 0.6) is 0 Å². The van der Waals surface area contributed by atoms with Gasteiger partial charge in [0, 0.05) is 50.0 Å². The zero-order valence-corrected chi connectivity index (χ0v) is 14.8. The summed E-state index contributed by atoms with van der Waals surface area (Å²) in [6.07, 6.45) is 4.53. The predicted molar refractivity (Wildman–Crippen MR) is 89.3 cm³/mol. The highest BCUT2D eigenvalue weighted by atomic mass is 16.5. The third-order valence-electron chi connectivity index (χ3n) is 3.52. The number of carbonyl (C=O) groups is 4. The Morgan fingerprint density at radius 1 is 0.880 bits per heavy atom. The van der Waals surface area contributed by atoms with E-state index in [-0.39, 0.29) is 31.1 Å². The van der Waals surface area contributed by atoms with E-state index in [0.29, 0.717) is 19.6 Å². The Labute approximate surface area is 147 Å². The molecule has 0 bridgehead atoms. The van der Waals surface area contributed by atoms with Gasteiger partial charge in [-0.15, -0.1) is 0 Å². The summed E-state index contributed by atoms with van der Waals surface area (Å²) in [5, 5.41) is 0. The van der Waals surface area contributed by atoms with E-state index in [0.717, 1.165) is 12.2 Å². The third-order valence-corrected chi connectivity index (χ3v) is 3.52. The van der Waals surface area contributed by atoms with E-state index in [9.17, 15) is 19.2 Å². The van der Waals surface area contributed by atoms with Crippen LogP contribution in [0.3, 0.4) is 0 Å². The predicted octanol–water partition coefficient (Wildman–Crippen LogP) is 0.284. The summed E-state index contributed by atoms with van der Waals surface area (Å²) in [6.45, 7) is 6.68. The smallest absolute Gasteiger partial charge is 0.330 e. The van der Waals surface area contributed by atoms with Crippen LogP contribution in [0.4, 0.5) is 0 Å². The van der Waals surface area contributed by atoms with Crippen LogP contribution in [-0.2, 0) is 28.7 Å². The standard InChI is InChI=1S/C17H24N2O6/c1-4-24-16(22)8-6-14(20)18-10-11-19(13(3)12-18)15(21)7-9-17(23)25-5-2/h6-9,13H,4-5,10-12H2,1-3H3/b8-6+,9-7-/t13-/m1/s1. The van der Waals surface area contributed by atoms with Crippen molar-refractivity contribution in [1.82, 2.24) is 9.80 Å². The van der Waals surface area contributed by atoms with Crippen LogP contribution in [-0.4, -0.2) is 72.4 Å². The van der Waals surface area contributed by atoms with Gasteiger partial charge < -0.3 is 19.3 Å². The van der Waals surface area contributed by atoms with Gasteiger partial charge in [0.1, 0.15) is 0 Å². The summed E-state index contributed by atoms with van der Waals surface area (Å²) in [5.74, 6) is -1.76. The Morgan fingerprint density at radius 2 is 1.40 bits per heavy atom. The molecule has 0 aromatic rings. The lowest BCUT2D eigenvalue weighted by molar-refractivity contribution is -0.139. The number of rotatable bonds is 6. The lowest BCUT2D eigenvalue weighted by Crippen LogP contribution is -2.54. The first-order valence-corrected chi connectivity index (χ1v) is 8.18. The molecule has 1 heterocycles. The molecule has 1 saturated heterocycles. The molecule has 138 valence electrons. The molecule has 0 aliphatic carbocycles. The van der Waals surface area contributed by atoms with Crippen molar-refractivity contribution < 1.29 is 28.7 Å². The quantitative estimate of drug-likeness (QED) is 0.504. The fourth-order valence-electron chi connectivity index (χ4n) is 2.35. The van der Waals surface area contributed by atoms with E-state index < -0.39 is 11.9 Å². The number of carbonyl (C=O) groups excluding carboxylic acids is 4. The second kappa shape index (κ2) is 10.3. The maximum atomic E-state index is 12.1. The minimum atomic E-state index is -0.568. The molecule has 0 radical (unpaired) electrons. The van der Waals surface area contributed by atoms with E-state index >= 15 is 0 Å². The molecule has 1 atom stereocenters. The van der Waals surface area contributed by atoms with Gasteiger partial charge in [-0.25, -0.2) is 9.59 Å². The van der Waals surface area contributed by atoms with Crippen LogP contribution >= 0.6 is 0 Å². The molecule has 1 fully saturated rings. The summed E-state index contributed by atoms with van der Waals surface area (Å²) < 4.78 is 9.44. The largest absolute Gasteiger partial charge is 0.463 e. The molecular weight excluding hydrogens is 328 g/mol. The van der Waals surface area contributed by atoms with E-state index in [1.165, 1.54) is 12.2 Å². The molecule has 1 aliphatic rings. The molecule has 0 unspecified atom stereocenters. The van der Waals surface area contributed by atoms with Crippen molar-refractivity contribution >= 4 is 23.8 Å². The average Bonchev–Trinajstić information content (AvgIpc) is 2.58. The van der Waals surface area contributed by atoms with Crippen molar-refractivity contribution in [2.45, 2.75) is 26.8 Å². The Balaban J connectivity index is 2.56. The Morgan fingerprint density at radius 3 is 1.88 bits per heavy atom. The highest BCUT2D eigenvalue weighted by Crippen LogP contribution is 2.11. The molecule has 8 heteroatoms. The number of piperazine rings is 1. The first-order valence-electron chi connectivity index (χ1n) is 8.18. The number of hydrogen-bond acceptors (Lipinski definition) is 6. The number of esters is 2. The minimum Gasteiger partial charge on any atom is -0.463 e. The Kier molecular flexibility index (Phi) is 8.38. The zero-order chi connectivity index (χ0) is 18.8. The average molecular weight is 352 g/mol. The first-order chi connectivity index (χ1) is 11.9. The molecule has 0 N–H and O–H groups in total. The maximum Gasteiger partial charge on any atom is 0.330 e. The van der Waals surface area contributed by atoms with Crippen molar-refractivity contribution in [3.63, 3.8) is 0 Å². The van der Waals surface area contributed by atoms with Crippen molar-refractivity contribution in [3.8, 4) is 0 Å². The molecule has 0 saturated carbocycles. The monoisotopic (exact) mass is 352 g/mol. The zero-order valence-electron chi connectivity index (χ0n) is 14.8. The van der Waals surface area contributed by atoms with E-state index in [2.05, 4.69) is 0 Å². The van der Waals surface area contributed by atoms with Crippen LogP contribution in [0.25, 0.3) is 0 Å². The molecule has 25 heavy (non-hydrogen) atoms. The Bertz CT molecular complexity index is 569. The summed E-state index contributed by atoms with van der Waals surface area (Å²) in [6, 6.07) is -0.215. The van der Waals surface area contributed by atoms with Crippen LogP contribution in [0, 0.1) is 0 Å². The van der Waals surface area contributed by atoms with Crippen molar-refractivity contribution in [3.05, 3.63) is 24.3 Å². The lowest BCUT2D eigenvalue weighted by Gasteiger charge is -2.39. The van der Waals surface area contributed by atoms with E-state index in [1.807, 2.05) is 6.92 Å². The summed E-state index contributed by atoms with van der Waals surface area (Å²) in [4.78, 5) is 49.8. The number of ether oxygens (including phenoxy) is 2. The topological polar surface area (TPSA) is 93.2 Å². The molecule has 8 nitrogen and oxygen atoms in total. The van der Waals surface area contributed by atoms with Gasteiger partial charge in [-0.1, -0.05) is 0 Å². The van der Waals surface area contributed by atoms with Gasteiger partial charge in [0.2, 0.25) is 11.8 Å². The van der Waals surface area contributed by atoms with E-state index in [1.54, 1.807) is 23.6 Å². The van der Waals surface area contributed by atoms with Gasteiger partial charge in [-0.05, 0) is 20.8 Å². The number of amides is 2. The fourth-order valence-corrected chi connectivity index (χ4v) is 2.35. The van der Waals surface area contributed by atoms with Crippen LogP contribution in [0.2, 0.25) is 0 Å². The van der Waals surface area contributed by atoms with Gasteiger partial charge in [-0.3, -0.25) is 9.59 Å². The molecule has 0 aromatic carbocycles. The number of hydrogen-bond donors (Lipinski definition) is 0.